The predicted molar refractivity (Wildman–Crippen MR) is 83.3 cm³/mol. The highest BCUT2D eigenvalue weighted by Gasteiger charge is 2.12. The van der Waals surface area contributed by atoms with Crippen LogP contribution in [0.2, 0.25) is 0 Å². The van der Waals surface area contributed by atoms with E-state index in [-0.39, 0.29) is 11.5 Å². The number of hydrogen-bond acceptors (Lipinski definition) is 6. The minimum absolute atomic E-state index is 0.00796. The van der Waals surface area contributed by atoms with E-state index in [1.807, 2.05) is 0 Å². The third-order valence-corrected chi connectivity index (χ3v) is 3.21. The molecule has 3 rings (SSSR count). The monoisotopic (exact) mass is 335 g/mol. The lowest BCUT2D eigenvalue weighted by atomic mass is 10.2. The van der Waals surface area contributed by atoms with E-state index in [4.69, 9.17) is 4.74 Å². The molecule has 0 radical (unpaired) electrons. The molecule has 2 aromatic heterocycles. The number of rotatable bonds is 7. The summed E-state index contributed by atoms with van der Waals surface area (Å²) in [6.45, 7) is -0.368. The number of H-pyrrole nitrogens is 1. The Morgan fingerprint density at radius 3 is 2.88 bits per heavy atom. The molecule has 0 saturated carbocycles. The van der Waals surface area contributed by atoms with Gasteiger partial charge in [-0.05, 0) is 24.6 Å². The molecule has 7 nitrogen and oxygen atoms in total. The highest BCUT2D eigenvalue weighted by atomic mass is 19.3. The van der Waals surface area contributed by atoms with Gasteiger partial charge in [-0.15, -0.1) is 0 Å². The van der Waals surface area contributed by atoms with Gasteiger partial charge in [-0.25, -0.2) is 15.0 Å². The third-order valence-electron chi connectivity index (χ3n) is 3.21. The van der Waals surface area contributed by atoms with Gasteiger partial charge in [0.2, 0.25) is 0 Å². The van der Waals surface area contributed by atoms with Crippen molar-refractivity contribution in [3.05, 3.63) is 36.4 Å². The van der Waals surface area contributed by atoms with Crippen LogP contribution in [-0.2, 0) is 6.54 Å². The van der Waals surface area contributed by atoms with E-state index in [0.29, 0.717) is 30.1 Å². The number of halogens is 2. The van der Waals surface area contributed by atoms with Crippen molar-refractivity contribution in [1.29, 1.82) is 0 Å². The molecule has 0 fully saturated rings. The van der Waals surface area contributed by atoms with Gasteiger partial charge in [0.15, 0.2) is 23.0 Å². The fourth-order valence-corrected chi connectivity index (χ4v) is 2.21. The van der Waals surface area contributed by atoms with Crippen LogP contribution in [0.3, 0.4) is 0 Å². The zero-order valence-electron chi connectivity index (χ0n) is 12.8. The summed E-state index contributed by atoms with van der Waals surface area (Å²) in [6, 6.07) is 4.79. The van der Waals surface area contributed by atoms with Crippen molar-refractivity contribution in [2.45, 2.75) is 20.1 Å². The Morgan fingerprint density at radius 1 is 1.21 bits per heavy atom. The summed E-state index contributed by atoms with van der Waals surface area (Å²) >= 11 is 0. The van der Waals surface area contributed by atoms with Gasteiger partial charge in [0.25, 0.3) is 0 Å². The number of nitrogens with zero attached hydrogens (tertiary/aromatic N) is 3. The standard InChI is InChI=1S/C15H15F2N5O2/c1-2-23-11-5-9(3-4-10(11)24-15(16)17)6-18-13-12-14(20-7-19-12)22-8-21-13/h3-5,7-8,15H,2,6H2,1H3,(H2,18,19,20,21,22). The average Bonchev–Trinajstić information content (AvgIpc) is 3.04. The molecule has 9 heteroatoms. The number of alkyl halides is 2. The Bertz CT molecular complexity index is 824. The number of fused-ring (bicyclic) bond motifs is 1. The molecular formula is C15H15F2N5O2. The van der Waals surface area contributed by atoms with E-state index in [9.17, 15) is 8.78 Å². The summed E-state index contributed by atoms with van der Waals surface area (Å²) in [5, 5.41) is 3.15. The molecule has 0 bridgehead atoms. The Morgan fingerprint density at radius 2 is 2.08 bits per heavy atom. The fraction of sp³-hybridized carbons (Fsp3) is 0.267. The van der Waals surface area contributed by atoms with E-state index < -0.39 is 6.61 Å². The molecule has 0 unspecified atom stereocenters. The van der Waals surface area contributed by atoms with Crippen LogP contribution in [0.4, 0.5) is 14.6 Å². The zero-order valence-corrected chi connectivity index (χ0v) is 12.8. The molecule has 0 aliphatic rings. The van der Waals surface area contributed by atoms with Gasteiger partial charge in [0, 0.05) is 6.54 Å². The van der Waals surface area contributed by atoms with Gasteiger partial charge < -0.3 is 19.8 Å². The van der Waals surface area contributed by atoms with Gasteiger partial charge in [-0.2, -0.15) is 8.78 Å². The lowest BCUT2D eigenvalue weighted by Gasteiger charge is -2.13. The molecule has 0 spiro atoms. The molecule has 126 valence electrons. The number of nitrogens with one attached hydrogen (secondary N) is 2. The Balaban J connectivity index is 1.77. The maximum absolute atomic E-state index is 12.4. The van der Waals surface area contributed by atoms with E-state index in [1.165, 1.54) is 18.7 Å². The number of aromatic nitrogens is 4. The first-order valence-electron chi connectivity index (χ1n) is 7.26. The molecule has 0 atom stereocenters. The van der Waals surface area contributed by atoms with E-state index in [0.717, 1.165) is 5.56 Å². The van der Waals surface area contributed by atoms with Crippen LogP contribution in [0.15, 0.2) is 30.9 Å². The smallest absolute Gasteiger partial charge is 0.387 e. The van der Waals surface area contributed by atoms with Crippen LogP contribution in [0, 0.1) is 0 Å². The molecule has 2 heterocycles. The first-order valence-corrected chi connectivity index (χ1v) is 7.26. The van der Waals surface area contributed by atoms with Gasteiger partial charge in [-0.3, -0.25) is 0 Å². The van der Waals surface area contributed by atoms with Crippen molar-refractivity contribution >= 4 is 17.0 Å². The molecule has 0 amide bonds. The molecule has 1 aromatic carbocycles. The molecule has 0 saturated heterocycles. The van der Waals surface area contributed by atoms with Gasteiger partial charge in [-0.1, -0.05) is 6.07 Å². The van der Waals surface area contributed by atoms with E-state index >= 15 is 0 Å². The topological polar surface area (TPSA) is 85.0 Å². The lowest BCUT2D eigenvalue weighted by molar-refractivity contribution is -0.0514. The van der Waals surface area contributed by atoms with Crippen LogP contribution >= 0.6 is 0 Å². The summed E-state index contributed by atoms with van der Waals surface area (Å²) in [4.78, 5) is 15.2. The third kappa shape index (κ3) is 3.50. The molecule has 0 aliphatic heterocycles. The summed E-state index contributed by atoms with van der Waals surface area (Å²) in [7, 11) is 0. The highest BCUT2D eigenvalue weighted by Crippen LogP contribution is 2.30. The molecule has 24 heavy (non-hydrogen) atoms. The van der Waals surface area contributed by atoms with Crippen LogP contribution in [0.5, 0.6) is 11.5 Å². The quantitative estimate of drug-likeness (QED) is 0.690. The van der Waals surface area contributed by atoms with E-state index in [1.54, 1.807) is 19.1 Å². The summed E-state index contributed by atoms with van der Waals surface area (Å²) in [6.07, 6.45) is 2.95. The second kappa shape index (κ2) is 7.07. The Hall–Kier alpha value is -2.97. The second-order valence-electron chi connectivity index (χ2n) is 4.77. The van der Waals surface area contributed by atoms with Crippen LogP contribution in [-0.4, -0.2) is 33.2 Å². The minimum Gasteiger partial charge on any atom is -0.490 e. The van der Waals surface area contributed by atoms with Crippen LogP contribution in [0.1, 0.15) is 12.5 Å². The first-order chi connectivity index (χ1) is 11.7. The van der Waals surface area contributed by atoms with Crippen molar-refractivity contribution in [3.8, 4) is 11.5 Å². The normalized spacial score (nSPS) is 11.0. The van der Waals surface area contributed by atoms with Crippen LogP contribution < -0.4 is 14.8 Å². The average molecular weight is 335 g/mol. The molecule has 3 aromatic rings. The fourth-order valence-electron chi connectivity index (χ4n) is 2.21. The Labute approximate surface area is 136 Å². The minimum atomic E-state index is -2.90. The SMILES string of the molecule is CCOc1cc(CNc2ncnc3nc[nH]c23)ccc1OC(F)F. The largest absolute Gasteiger partial charge is 0.490 e. The van der Waals surface area contributed by atoms with Crippen molar-refractivity contribution in [2.75, 3.05) is 11.9 Å². The number of aromatic amines is 1. The first kappa shape index (κ1) is 15.9. The maximum atomic E-state index is 12.4. The Kier molecular flexibility index (Phi) is 4.69. The molecular weight excluding hydrogens is 320 g/mol. The zero-order chi connectivity index (χ0) is 16.9. The van der Waals surface area contributed by atoms with Crippen molar-refractivity contribution in [2.24, 2.45) is 0 Å². The molecule has 2 N–H and O–H groups in total. The summed E-state index contributed by atoms with van der Waals surface area (Å²) in [5.41, 5.74) is 2.08. The predicted octanol–water partition coefficient (Wildman–Crippen LogP) is 2.97. The van der Waals surface area contributed by atoms with Gasteiger partial charge >= 0.3 is 6.61 Å². The number of anilines is 1. The molecule has 0 aliphatic carbocycles. The van der Waals surface area contributed by atoms with Crippen molar-refractivity contribution in [1.82, 2.24) is 19.9 Å². The van der Waals surface area contributed by atoms with Gasteiger partial charge in [0.1, 0.15) is 11.8 Å². The number of hydrogen-bond donors (Lipinski definition) is 2. The van der Waals surface area contributed by atoms with Crippen molar-refractivity contribution < 1.29 is 18.3 Å². The summed E-state index contributed by atoms with van der Waals surface area (Å²) < 4.78 is 34.6. The number of ether oxygens (including phenoxy) is 2. The van der Waals surface area contributed by atoms with Crippen molar-refractivity contribution in [3.63, 3.8) is 0 Å². The maximum Gasteiger partial charge on any atom is 0.387 e. The second-order valence-corrected chi connectivity index (χ2v) is 4.77. The highest BCUT2D eigenvalue weighted by molar-refractivity contribution is 5.81. The summed E-state index contributed by atoms with van der Waals surface area (Å²) in [5.74, 6) is 0.878. The van der Waals surface area contributed by atoms with Gasteiger partial charge in [0.05, 0.1) is 12.9 Å². The number of benzene rings is 1. The van der Waals surface area contributed by atoms with Crippen LogP contribution in [0.25, 0.3) is 11.2 Å². The lowest BCUT2D eigenvalue weighted by Crippen LogP contribution is -2.06. The van der Waals surface area contributed by atoms with E-state index in [2.05, 4.69) is 30.0 Å². The number of imidazole rings is 1.